The van der Waals surface area contributed by atoms with Crippen LogP contribution in [0.1, 0.15) is 28.8 Å². The highest BCUT2D eigenvalue weighted by Crippen LogP contribution is 2.28. The Balaban J connectivity index is 1.24. The van der Waals surface area contributed by atoms with Gasteiger partial charge in [-0.15, -0.1) is 0 Å². The molecule has 0 aliphatic carbocycles. The molecule has 1 N–H and O–H groups in total. The predicted molar refractivity (Wildman–Crippen MR) is 155 cm³/mol. The number of carbonyl (C=O) groups is 2. The topological polar surface area (TPSA) is 75.8 Å². The number of H-pyrrole nitrogens is 1. The lowest BCUT2D eigenvalue weighted by Crippen LogP contribution is -2.55. The number of pyridine rings is 1. The molecule has 2 aromatic carbocycles. The van der Waals surface area contributed by atoms with Gasteiger partial charge in [0.05, 0.1) is 11.2 Å². The minimum absolute atomic E-state index is 0.0233. The van der Waals surface area contributed by atoms with Crippen molar-refractivity contribution in [2.75, 3.05) is 57.8 Å². The summed E-state index contributed by atoms with van der Waals surface area (Å²) in [6, 6.07) is 15.9. The second-order valence-corrected chi connectivity index (χ2v) is 10.9. The van der Waals surface area contributed by atoms with Gasteiger partial charge in [-0.05, 0) is 69.7 Å². The summed E-state index contributed by atoms with van der Waals surface area (Å²) in [5, 5.41) is 2.02. The number of aryl methyl sites for hydroxylation is 1. The molecule has 2 aliphatic rings. The highest BCUT2D eigenvalue weighted by Gasteiger charge is 2.30. The van der Waals surface area contributed by atoms with Crippen molar-refractivity contribution < 1.29 is 9.59 Å². The normalized spacial score (nSPS) is 17.6. The zero-order valence-corrected chi connectivity index (χ0v) is 22.8. The smallest absolute Gasteiger partial charge is 0.258 e. The third kappa shape index (κ3) is 5.14. The van der Waals surface area contributed by atoms with Gasteiger partial charge < -0.3 is 14.8 Å². The molecule has 4 aromatic rings. The van der Waals surface area contributed by atoms with Crippen molar-refractivity contribution in [3.05, 3.63) is 72.1 Å². The third-order valence-corrected chi connectivity index (χ3v) is 8.45. The van der Waals surface area contributed by atoms with Crippen LogP contribution >= 0.6 is 0 Å². The first-order valence-corrected chi connectivity index (χ1v) is 13.9. The number of fused-ring (bicyclic) bond motifs is 2. The first-order valence-electron chi connectivity index (χ1n) is 13.9. The van der Waals surface area contributed by atoms with Crippen LogP contribution in [0.3, 0.4) is 0 Å². The molecule has 2 amide bonds. The van der Waals surface area contributed by atoms with Gasteiger partial charge in [-0.1, -0.05) is 24.3 Å². The van der Waals surface area contributed by atoms with E-state index in [1.807, 2.05) is 66.6 Å². The van der Waals surface area contributed by atoms with Crippen molar-refractivity contribution in [2.45, 2.75) is 25.8 Å². The molecule has 6 rings (SSSR count). The van der Waals surface area contributed by atoms with Gasteiger partial charge in [-0.25, -0.2) is 0 Å². The molecule has 2 fully saturated rings. The van der Waals surface area contributed by atoms with Gasteiger partial charge in [0.15, 0.2) is 0 Å². The molecule has 0 spiro atoms. The number of nitrogens with one attached hydrogen (secondary N) is 1. The molecule has 0 radical (unpaired) electrons. The van der Waals surface area contributed by atoms with Gasteiger partial charge in [-0.3, -0.25) is 24.4 Å². The van der Waals surface area contributed by atoms with Gasteiger partial charge in [0.2, 0.25) is 5.91 Å². The summed E-state index contributed by atoms with van der Waals surface area (Å²) in [5.41, 5.74) is 3.95. The number of hydrogen-bond acceptors (Lipinski definition) is 5. The number of nitrogens with zero attached hydrogens (tertiary/aromatic N) is 5. The number of hydrogen-bond donors (Lipinski definition) is 1. The van der Waals surface area contributed by atoms with E-state index in [9.17, 15) is 9.59 Å². The number of carbonyl (C=O) groups excluding carboxylic acids is 2. The van der Waals surface area contributed by atoms with E-state index in [1.54, 1.807) is 11.1 Å². The summed E-state index contributed by atoms with van der Waals surface area (Å²) >= 11 is 0. The van der Waals surface area contributed by atoms with Gasteiger partial charge in [-0.2, -0.15) is 0 Å². The summed E-state index contributed by atoms with van der Waals surface area (Å²) in [7, 11) is 2.18. The van der Waals surface area contributed by atoms with Gasteiger partial charge in [0.1, 0.15) is 6.54 Å². The number of piperazine rings is 1. The maximum Gasteiger partial charge on any atom is 0.258 e. The van der Waals surface area contributed by atoms with Crippen molar-refractivity contribution in [1.82, 2.24) is 24.7 Å². The molecule has 2 aromatic heterocycles. The monoisotopic (exact) mass is 524 g/mol. The zero-order valence-electron chi connectivity index (χ0n) is 22.8. The maximum absolute atomic E-state index is 14.0. The van der Waals surface area contributed by atoms with Crippen LogP contribution in [0.15, 0.2) is 60.9 Å². The summed E-state index contributed by atoms with van der Waals surface area (Å²) < 4.78 is 0. The van der Waals surface area contributed by atoms with E-state index < -0.39 is 0 Å². The Morgan fingerprint density at radius 3 is 2.56 bits per heavy atom. The minimum atomic E-state index is -0.208. The van der Waals surface area contributed by atoms with Gasteiger partial charge >= 0.3 is 0 Å². The number of anilines is 1. The highest BCUT2D eigenvalue weighted by atomic mass is 16.2. The Labute approximate surface area is 229 Å². The number of likely N-dealkylation sites (tertiary alicyclic amines) is 1. The van der Waals surface area contributed by atoms with Crippen molar-refractivity contribution in [2.24, 2.45) is 0 Å². The number of piperidine rings is 1. The Morgan fingerprint density at radius 2 is 1.77 bits per heavy atom. The average Bonchev–Trinajstić information content (AvgIpc) is 3.35. The van der Waals surface area contributed by atoms with Crippen LogP contribution in [-0.2, 0) is 4.79 Å². The van der Waals surface area contributed by atoms with E-state index in [1.165, 1.54) is 12.8 Å². The standard InChI is InChI=1S/C31H36N6O2/c1-22-20-33-27-19-24(8-9-26(22)27)31(39)37(28-7-3-5-23-6-4-12-32-30(23)28)21-29(38)36-17-15-35(16-18-36)25-10-13-34(2)14-11-25/h3-9,12,19-20,25,33H,10-11,13-18,21H2,1-2H3. The molecule has 0 unspecified atom stereocenters. The van der Waals surface area contributed by atoms with E-state index >= 15 is 0 Å². The molecule has 2 aliphatic heterocycles. The number of amides is 2. The summed E-state index contributed by atoms with van der Waals surface area (Å²) in [4.78, 5) is 44.0. The molecular weight excluding hydrogens is 488 g/mol. The first-order chi connectivity index (χ1) is 19.0. The summed E-state index contributed by atoms with van der Waals surface area (Å²) in [6.07, 6.45) is 6.04. The van der Waals surface area contributed by atoms with Crippen LogP contribution in [0.2, 0.25) is 0 Å². The molecule has 8 nitrogen and oxygen atoms in total. The quantitative estimate of drug-likeness (QED) is 0.429. The van der Waals surface area contributed by atoms with Crippen molar-refractivity contribution in [3.63, 3.8) is 0 Å². The molecule has 8 heteroatoms. The average molecular weight is 525 g/mol. The predicted octanol–water partition coefficient (Wildman–Crippen LogP) is 3.91. The molecule has 2 saturated heterocycles. The van der Waals surface area contributed by atoms with E-state index in [2.05, 4.69) is 26.8 Å². The number of aromatic amines is 1. The van der Waals surface area contributed by atoms with Crippen LogP contribution in [-0.4, -0.2) is 95.4 Å². The van der Waals surface area contributed by atoms with E-state index in [0.717, 1.165) is 48.0 Å². The van der Waals surface area contributed by atoms with Gasteiger partial charge in [0.25, 0.3) is 5.91 Å². The lowest BCUT2D eigenvalue weighted by atomic mass is 10.0. The number of para-hydroxylation sites is 1. The Hall–Kier alpha value is -3.75. The summed E-state index contributed by atoms with van der Waals surface area (Å²) in [6.45, 7) is 7.43. The zero-order chi connectivity index (χ0) is 26.9. The fourth-order valence-electron chi connectivity index (χ4n) is 6.06. The molecule has 39 heavy (non-hydrogen) atoms. The van der Waals surface area contributed by atoms with Crippen molar-refractivity contribution >= 4 is 39.3 Å². The van der Waals surface area contributed by atoms with Crippen LogP contribution in [0.4, 0.5) is 5.69 Å². The lowest BCUT2D eigenvalue weighted by molar-refractivity contribution is -0.131. The first kappa shape index (κ1) is 25.5. The molecule has 0 bridgehead atoms. The van der Waals surface area contributed by atoms with Gasteiger partial charge in [0, 0.05) is 66.5 Å². The van der Waals surface area contributed by atoms with Crippen LogP contribution in [0.25, 0.3) is 21.8 Å². The van der Waals surface area contributed by atoms with E-state index in [-0.39, 0.29) is 18.4 Å². The highest BCUT2D eigenvalue weighted by molar-refractivity contribution is 6.13. The molecule has 0 saturated carbocycles. The van der Waals surface area contributed by atoms with Crippen molar-refractivity contribution in [3.8, 4) is 0 Å². The minimum Gasteiger partial charge on any atom is -0.361 e. The van der Waals surface area contributed by atoms with E-state index in [4.69, 9.17) is 0 Å². The fraction of sp³-hybridized carbons (Fsp3) is 0.387. The maximum atomic E-state index is 14.0. The number of rotatable bonds is 5. The molecule has 202 valence electrons. The van der Waals surface area contributed by atoms with Crippen LogP contribution in [0, 0.1) is 6.92 Å². The van der Waals surface area contributed by atoms with E-state index in [0.29, 0.717) is 35.9 Å². The molecule has 4 heterocycles. The Kier molecular flexibility index (Phi) is 7.06. The second kappa shape index (κ2) is 10.8. The number of aromatic nitrogens is 2. The van der Waals surface area contributed by atoms with Crippen LogP contribution in [0.5, 0.6) is 0 Å². The number of benzene rings is 2. The van der Waals surface area contributed by atoms with Crippen LogP contribution < -0.4 is 4.90 Å². The Morgan fingerprint density at radius 1 is 1.00 bits per heavy atom. The molecule has 0 atom stereocenters. The molecular formula is C31H36N6O2. The Bertz CT molecular complexity index is 1490. The third-order valence-electron chi connectivity index (χ3n) is 8.45. The van der Waals surface area contributed by atoms with Crippen molar-refractivity contribution in [1.29, 1.82) is 0 Å². The largest absolute Gasteiger partial charge is 0.361 e. The fourth-order valence-corrected chi connectivity index (χ4v) is 6.06. The SMILES string of the molecule is Cc1c[nH]c2cc(C(=O)N(CC(=O)N3CCN(C4CCN(C)CC4)CC3)c3cccc4cccnc34)ccc12. The summed E-state index contributed by atoms with van der Waals surface area (Å²) in [5.74, 6) is -0.239. The second-order valence-electron chi connectivity index (χ2n) is 10.9. The lowest BCUT2D eigenvalue weighted by Gasteiger charge is -2.42.